The Labute approximate surface area is 126 Å². The monoisotopic (exact) mass is 290 g/mol. The van der Waals surface area contributed by atoms with E-state index in [-0.39, 0.29) is 0 Å². The molecular formula is C16H26N4O. The number of aromatic nitrogens is 2. The molecule has 1 saturated heterocycles. The van der Waals surface area contributed by atoms with Crippen LogP contribution in [0.4, 0.5) is 5.95 Å². The van der Waals surface area contributed by atoms with E-state index in [1.807, 2.05) is 6.07 Å². The summed E-state index contributed by atoms with van der Waals surface area (Å²) in [5, 5.41) is 7.11. The zero-order valence-electron chi connectivity index (χ0n) is 12.8. The second-order valence-electron chi connectivity index (χ2n) is 6.20. The van der Waals surface area contributed by atoms with Crippen LogP contribution in [0.2, 0.25) is 0 Å². The first kappa shape index (κ1) is 14.6. The smallest absolute Gasteiger partial charge is 0.225 e. The first-order chi connectivity index (χ1) is 10.3. The van der Waals surface area contributed by atoms with Gasteiger partial charge in [0.1, 0.15) is 0 Å². The minimum Gasteiger partial charge on any atom is -0.478 e. The molecule has 0 spiro atoms. The molecule has 1 aliphatic carbocycles. The van der Waals surface area contributed by atoms with Crippen molar-refractivity contribution in [3.05, 3.63) is 12.3 Å². The van der Waals surface area contributed by atoms with Crippen LogP contribution in [-0.2, 0) is 0 Å². The van der Waals surface area contributed by atoms with Gasteiger partial charge in [-0.15, -0.1) is 0 Å². The number of hydrogen-bond donors (Lipinski definition) is 2. The lowest BCUT2D eigenvalue weighted by atomic mass is 9.85. The molecule has 1 aliphatic heterocycles. The van der Waals surface area contributed by atoms with Gasteiger partial charge in [-0.05, 0) is 31.6 Å². The molecule has 2 aliphatic rings. The molecule has 1 aromatic rings. The highest BCUT2D eigenvalue weighted by Crippen LogP contribution is 2.33. The highest BCUT2D eigenvalue weighted by Gasteiger charge is 2.34. The fourth-order valence-electron chi connectivity index (χ4n) is 3.52. The van der Waals surface area contributed by atoms with E-state index in [1.54, 1.807) is 6.20 Å². The molecule has 2 N–H and O–H groups in total. The Balaban J connectivity index is 1.49. The number of ether oxygens (including phenoxy) is 1. The van der Waals surface area contributed by atoms with Crippen LogP contribution in [0.25, 0.3) is 0 Å². The fraction of sp³-hybridized carbons (Fsp3) is 0.750. The summed E-state index contributed by atoms with van der Waals surface area (Å²) in [7, 11) is 0. The largest absolute Gasteiger partial charge is 0.478 e. The average molecular weight is 290 g/mol. The van der Waals surface area contributed by atoms with Crippen molar-refractivity contribution < 1.29 is 4.74 Å². The molecule has 2 heterocycles. The minimum atomic E-state index is 0.543. The molecular weight excluding hydrogens is 264 g/mol. The van der Waals surface area contributed by atoms with Gasteiger partial charge in [0.15, 0.2) is 0 Å². The number of nitrogens with one attached hydrogen (secondary N) is 2. The van der Waals surface area contributed by atoms with Crippen molar-refractivity contribution in [3.8, 4) is 5.88 Å². The van der Waals surface area contributed by atoms with Crippen molar-refractivity contribution in [1.82, 2.24) is 15.3 Å². The Morgan fingerprint density at radius 1 is 1.38 bits per heavy atom. The van der Waals surface area contributed by atoms with Crippen LogP contribution >= 0.6 is 0 Å². The number of hydrogen-bond acceptors (Lipinski definition) is 5. The quantitative estimate of drug-likeness (QED) is 0.843. The van der Waals surface area contributed by atoms with E-state index in [9.17, 15) is 0 Å². The summed E-state index contributed by atoms with van der Waals surface area (Å²) < 4.78 is 5.54. The lowest BCUT2D eigenvalue weighted by Crippen LogP contribution is -2.36. The van der Waals surface area contributed by atoms with Gasteiger partial charge in [-0.2, -0.15) is 4.98 Å². The molecule has 1 aromatic heterocycles. The summed E-state index contributed by atoms with van der Waals surface area (Å²) in [4.78, 5) is 8.66. The predicted molar refractivity (Wildman–Crippen MR) is 83.6 cm³/mol. The number of nitrogens with zero attached hydrogens (tertiary/aromatic N) is 2. The Kier molecular flexibility index (Phi) is 4.91. The molecule has 0 unspecified atom stereocenters. The van der Waals surface area contributed by atoms with Gasteiger partial charge in [0, 0.05) is 30.9 Å². The zero-order valence-corrected chi connectivity index (χ0v) is 12.8. The molecule has 116 valence electrons. The Hall–Kier alpha value is -1.36. The molecule has 0 amide bonds. The van der Waals surface area contributed by atoms with E-state index in [0.29, 0.717) is 24.5 Å². The summed E-state index contributed by atoms with van der Waals surface area (Å²) in [5.74, 6) is 2.20. The Morgan fingerprint density at radius 3 is 3.14 bits per heavy atom. The Bertz CT molecular complexity index is 440. The van der Waals surface area contributed by atoms with Gasteiger partial charge in [-0.1, -0.05) is 19.8 Å². The van der Waals surface area contributed by atoms with Gasteiger partial charge >= 0.3 is 0 Å². The molecule has 1 saturated carbocycles. The first-order valence-electron chi connectivity index (χ1n) is 8.31. The molecule has 3 rings (SSSR count). The summed E-state index contributed by atoms with van der Waals surface area (Å²) in [6.07, 6.45) is 9.55. The van der Waals surface area contributed by atoms with E-state index in [4.69, 9.17) is 4.74 Å². The molecule has 5 heteroatoms. The highest BCUT2D eigenvalue weighted by molar-refractivity contribution is 5.27. The van der Waals surface area contributed by atoms with Crippen molar-refractivity contribution in [3.63, 3.8) is 0 Å². The molecule has 0 radical (unpaired) electrons. The van der Waals surface area contributed by atoms with Crippen LogP contribution in [0.3, 0.4) is 0 Å². The van der Waals surface area contributed by atoms with Crippen LogP contribution in [0.15, 0.2) is 12.3 Å². The van der Waals surface area contributed by atoms with Gasteiger partial charge < -0.3 is 15.4 Å². The summed E-state index contributed by atoms with van der Waals surface area (Å²) in [5.41, 5.74) is 0. The summed E-state index contributed by atoms with van der Waals surface area (Å²) in [6.45, 7) is 3.68. The maximum atomic E-state index is 5.54. The zero-order chi connectivity index (χ0) is 14.5. The van der Waals surface area contributed by atoms with Gasteiger partial charge in [0.2, 0.25) is 11.8 Å². The molecule has 21 heavy (non-hydrogen) atoms. The highest BCUT2D eigenvalue weighted by atomic mass is 16.5. The van der Waals surface area contributed by atoms with Crippen molar-refractivity contribution in [2.75, 3.05) is 18.5 Å². The van der Waals surface area contributed by atoms with Gasteiger partial charge in [0.05, 0.1) is 6.61 Å². The Morgan fingerprint density at radius 2 is 2.29 bits per heavy atom. The standard InChI is InChI=1S/C16H26N4O/c1-2-9-21-15-7-8-17-16(20-15)18-11-13-10-12-5-3-4-6-14(12)19-13/h7-8,12-14,19H,2-6,9-11H2,1H3,(H,17,18,20)/t12-,13-,14-/m0/s1. The normalized spacial score (nSPS) is 28.1. The van der Waals surface area contributed by atoms with E-state index < -0.39 is 0 Å². The lowest BCUT2D eigenvalue weighted by molar-refractivity contribution is 0.305. The van der Waals surface area contributed by atoms with Crippen molar-refractivity contribution in [2.45, 2.75) is 57.5 Å². The number of fused-ring (bicyclic) bond motifs is 1. The average Bonchev–Trinajstić information content (AvgIpc) is 2.94. The van der Waals surface area contributed by atoms with Crippen LogP contribution in [0.1, 0.15) is 45.4 Å². The van der Waals surface area contributed by atoms with E-state index in [2.05, 4.69) is 27.5 Å². The molecule has 0 aromatic carbocycles. The summed E-state index contributed by atoms with van der Waals surface area (Å²) in [6, 6.07) is 3.09. The first-order valence-corrected chi connectivity index (χ1v) is 8.31. The third kappa shape index (κ3) is 3.84. The number of rotatable bonds is 6. The van der Waals surface area contributed by atoms with E-state index in [1.165, 1.54) is 32.1 Å². The maximum absolute atomic E-state index is 5.54. The van der Waals surface area contributed by atoms with Crippen molar-refractivity contribution >= 4 is 5.95 Å². The van der Waals surface area contributed by atoms with Crippen molar-refractivity contribution in [2.24, 2.45) is 5.92 Å². The summed E-state index contributed by atoms with van der Waals surface area (Å²) >= 11 is 0. The van der Waals surface area contributed by atoms with Crippen molar-refractivity contribution in [1.29, 1.82) is 0 Å². The SMILES string of the molecule is CCCOc1ccnc(NC[C@@H]2C[C@@H]3CCCC[C@@H]3N2)n1. The van der Waals surface area contributed by atoms with Gasteiger partial charge in [0.25, 0.3) is 0 Å². The van der Waals surface area contributed by atoms with Crippen LogP contribution in [0, 0.1) is 5.92 Å². The molecule has 0 bridgehead atoms. The third-order valence-corrected chi connectivity index (χ3v) is 4.54. The van der Waals surface area contributed by atoms with Gasteiger partial charge in [-0.3, -0.25) is 0 Å². The van der Waals surface area contributed by atoms with E-state index in [0.717, 1.165) is 24.9 Å². The second-order valence-corrected chi connectivity index (χ2v) is 6.20. The minimum absolute atomic E-state index is 0.543. The van der Waals surface area contributed by atoms with Crippen LogP contribution in [-0.4, -0.2) is 35.2 Å². The van der Waals surface area contributed by atoms with E-state index >= 15 is 0 Å². The fourth-order valence-corrected chi connectivity index (χ4v) is 3.52. The van der Waals surface area contributed by atoms with Crippen LogP contribution < -0.4 is 15.4 Å². The van der Waals surface area contributed by atoms with Gasteiger partial charge in [-0.25, -0.2) is 4.98 Å². The molecule has 3 atom stereocenters. The second kappa shape index (κ2) is 7.07. The molecule has 5 nitrogen and oxygen atoms in total. The third-order valence-electron chi connectivity index (χ3n) is 4.54. The number of anilines is 1. The predicted octanol–water partition coefficient (Wildman–Crippen LogP) is 2.60. The topological polar surface area (TPSA) is 59.1 Å². The molecule has 2 fully saturated rings. The lowest BCUT2D eigenvalue weighted by Gasteiger charge is -2.24. The maximum Gasteiger partial charge on any atom is 0.225 e. The van der Waals surface area contributed by atoms with Crippen LogP contribution in [0.5, 0.6) is 5.88 Å².